The average Bonchev–Trinajstić information content (AvgIpc) is 2.73. The van der Waals surface area contributed by atoms with Crippen molar-refractivity contribution in [3.63, 3.8) is 0 Å². The summed E-state index contributed by atoms with van der Waals surface area (Å²) < 4.78 is 0.907. The van der Waals surface area contributed by atoms with E-state index in [9.17, 15) is 9.59 Å². The van der Waals surface area contributed by atoms with Crippen LogP contribution in [-0.2, 0) is 11.3 Å². The van der Waals surface area contributed by atoms with Crippen molar-refractivity contribution in [1.29, 1.82) is 0 Å². The van der Waals surface area contributed by atoms with Crippen LogP contribution in [-0.4, -0.2) is 22.9 Å². The Labute approximate surface area is 137 Å². The first kappa shape index (κ1) is 14.8. The molecule has 112 valence electrons. The van der Waals surface area contributed by atoms with Crippen LogP contribution in [0.25, 0.3) is 0 Å². The zero-order valence-electron chi connectivity index (χ0n) is 12.1. The van der Waals surface area contributed by atoms with Gasteiger partial charge in [-0.05, 0) is 36.8 Å². The smallest absolute Gasteiger partial charge is 0.308 e. The van der Waals surface area contributed by atoms with Crippen molar-refractivity contribution in [2.24, 2.45) is 0 Å². The lowest BCUT2D eigenvalue weighted by Crippen LogP contribution is -2.33. The quantitative estimate of drug-likeness (QED) is 0.782. The van der Waals surface area contributed by atoms with E-state index in [-0.39, 0.29) is 11.9 Å². The van der Waals surface area contributed by atoms with Gasteiger partial charge in [0.15, 0.2) is 0 Å². The van der Waals surface area contributed by atoms with Crippen molar-refractivity contribution in [3.05, 3.63) is 64.6 Å². The van der Waals surface area contributed by atoms with E-state index in [2.05, 4.69) is 15.9 Å². The third-order valence-electron chi connectivity index (χ3n) is 3.76. The zero-order chi connectivity index (χ0) is 15.7. The van der Waals surface area contributed by atoms with Gasteiger partial charge >= 0.3 is 6.03 Å². The molecule has 5 heteroatoms. The topological polar surface area (TPSA) is 40.6 Å². The van der Waals surface area contributed by atoms with Crippen LogP contribution in [0.2, 0.25) is 0 Å². The molecule has 0 unspecified atom stereocenters. The summed E-state index contributed by atoms with van der Waals surface area (Å²) in [5, 5.41) is 0. The first-order valence-electron chi connectivity index (χ1n) is 7.02. The molecular formula is C17H15BrN2O2. The van der Waals surface area contributed by atoms with Crippen molar-refractivity contribution in [1.82, 2.24) is 4.90 Å². The maximum Gasteiger partial charge on any atom is 0.332 e. The molecule has 1 aliphatic rings. The summed E-state index contributed by atoms with van der Waals surface area (Å²) in [5.41, 5.74) is 1.61. The first-order valence-corrected chi connectivity index (χ1v) is 7.81. The zero-order valence-corrected chi connectivity index (χ0v) is 13.7. The van der Waals surface area contributed by atoms with E-state index in [4.69, 9.17) is 0 Å². The molecule has 0 bridgehead atoms. The Bertz CT molecular complexity index is 700. The summed E-state index contributed by atoms with van der Waals surface area (Å²) in [5.74, 6) is -0.191. The van der Waals surface area contributed by atoms with E-state index in [0.717, 1.165) is 10.0 Å². The second-order valence-electron chi connectivity index (χ2n) is 5.22. The normalized spacial score (nSPS) is 18.2. The molecule has 1 fully saturated rings. The van der Waals surface area contributed by atoms with Crippen LogP contribution in [0.15, 0.2) is 59.1 Å². The van der Waals surface area contributed by atoms with Crippen molar-refractivity contribution >= 4 is 33.6 Å². The molecule has 3 rings (SSSR count). The van der Waals surface area contributed by atoms with Crippen LogP contribution in [0.3, 0.4) is 0 Å². The van der Waals surface area contributed by atoms with Crippen LogP contribution in [0.1, 0.15) is 12.5 Å². The summed E-state index contributed by atoms with van der Waals surface area (Å²) in [6.45, 7) is 2.20. The van der Waals surface area contributed by atoms with E-state index < -0.39 is 6.04 Å². The number of amides is 3. The minimum absolute atomic E-state index is 0.191. The number of halogens is 1. The molecule has 4 nitrogen and oxygen atoms in total. The number of carbonyl (C=O) groups is 2. The molecule has 1 atom stereocenters. The van der Waals surface area contributed by atoms with Crippen LogP contribution >= 0.6 is 15.9 Å². The maximum atomic E-state index is 12.6. The molecule has 1 saturated heterocycles. The van der Waals surface area contributed by atoms with Crippen LogP contribution in [0.5, 0.6) is 0 Å². The van der Waals surface area contributed by atoms with Gasteiger partial charge in [-0.3, -0.25) is 4.79 Å². The molecule has 1 aliphatic heterocycles. The van der Waals surface area contributed by atoms with E-state index >= 15 is 0 Å². The van der Waals surface area contributed by atoms with Gasteiger partial charge in [0, 0.05) is 11.0 Å². The van der Waals surface area contributed by atoms with Gasteiger partial charge < -0.3 is 4.90 Å². The van der Waals surface area contributed by atoms with Gasteiger partial charge in [-0.15, -0.1) is 0 Å². The molecular weight excluding hydrogens is 344 g/mol. The van der Waals surface area contributed by atoms with Gasteiger partial charge in [0.2, 0.25) is 0 Å². The maximum absolute atomic E-state index is 12.6. The number of urea groups is 1. The standard InChI is InChI=1S/C17H15BrN2O2/c1-12-16(21)20(15-9-7-14(18)8-10-15)17(22)19(12)11-13-5-3-2-4-6-13/h2-10,12H,11H2,1H3/t12-/m0/s1. The number of imide groups is 1. The Morgan fingerprint density at radius 3 is 2.27 bits per heavy atom. The number of hydrogen-bond donors (Lipinski definition) is 0. The van der Waals surface area contributed by atoms with Gasteiger partial charge in [0.05, 0.1) is 5.69 Å². The lowest BCUT2D eigenvalue weighted by atomic mass is 10.2. The van der Waals surface area contributed by atoms with Crippen molar-refractivity contribution < 1.29 is 9.59 Å². The van der Waals surface area contributed by atoms with Crippen molar-refractivity contribution in [2.75, 3.05) is 4.90 Å². The van der Waals surface area contributed by atoms with Crippen molar-refractivity contribution in [2.45, 2.75) is 19.5 Å². The Balaban J connectivity index is 1.87. The third kappa shape index (κ3) is 2.64. The SMILES string of the molecule is C[C@H]1C(=O)N(c2ccc(Br)cc2)C(=O)N1Cc1ccccc1. The van der Waals surface area contributed by atoms with Crippen LogP contribution in [0, 0.1) is 0 Å². The molecule has 22 heavy (non-hydrogen) atoms. The molecule has 0 spiro atoms. The highest BCUT2D eigenvalue weighted by Crippen LogP contribution is 2.27. The Morgan fingerprint density at radius 2 is 1.64 bits per heavy atom. The van der Waals surface area contributed by atoms with E-state index in [1.54, 1.807) is 24.0 Å². The average molecular weight is 359 g/mol. The summed E-state index contributed by atoms with van der Waals surface area (Å²) >= 11 is 3.35. The van der Waals surface area contributed by atoms with Crippen LogP contribution < -0.4 is 4.90 Å². The molecule has 0 N–H and O–H groups in total. The number of nitrogens with zero attached hydrogens (tertiary/aromatic N) is 2. The van der Waals surface area contributed by atoms with Gasteiger partial charge in [0.1, 0.15) is 6.04 Å². The number of hydrogen-bond acceptors (Lipinski definition) is 2. The Kier molecular flexibility index (Phi) is 3.98. The Morgan fingerprint density at radius 1 is 1.00 bits per heavy atom. The Hall–Kier alpha value is -2.14. The second-order valence-corrected chi connectivity index (χ2v) is 6.14. The second kappa shape index (κ2) is 5.93. The number of anilines is 1. The predicted octanol–water partition coefficient (Wildman–Crippen LogP) is 3.81. The highest BCUT2D eigenvalue weighted by atomic mass is 79.9. The van der Waals surface area contributed by atoms with Gasteiger partial charge in [-0.25, -0.2) is 9.69 Å². The van der Waals surface area contributed by atoms with Gasteiger partial charge in [0.25, 0.3) is 5.91 Å². The minimum atomic E-state index is -0.462. The van der Waals surface area contributed by atoms with Crippen molar-refractivity contribution in [3.8, 4) is 0 Å². The molecule has 2 aromatic carbocycles. The summed E-state index contributed by atoms with van der Waals surface area (Å²) in [4.78, 5) is 27.9. The van der Waals surface area contributed by atoms with Crippen LogP contribution in [0.4, 0.5) is 10.5 Å². The number of carbonyl (C=O) groups excluding carboxylic acids is 2. The molecule has 2 aromatic rings. The van der Waals surface area contributed by atoms with E-state index in [1.165, 1.54) is 4.90 Å². The lowest BCUT2D eigenvalue weighted by Gasteiger charge is -2.19. The highest BCUT2D eigenvalue weighted by molar-refractivity contribution is 9.10. The fourth-order valence-corrected chi connectivity index (χ4v) is 2.79. The number of rotatable bonds is 3. The monoisotopic (exact) mass is 358 g/mol. The predicted molar refractivity (Wildman–Crippen MR) is 88.5 cm³/mol. The summed E-state index contributed by atoms with van der Waals surface area (Å²) in [6, 6.07) is 16.1. The lowest BCUT2D eigenvalue weighted by molar-refractivity contribution is -0.119. The number of benzene rings is 2. The van der Waals surface area contributed by atoms with E-state index in [1.807, 2.05) is 42.5 Å². The fourth-order valence-electron chi connectivity index (χ4n) is 2.52. The largest absolute Gasteiger partial charge is 0.332 e. The molecule has 0 radical (unpaired) electrons. The van der Waals surface area contributed by atoms with Gasteiger partial charge in [-0.2, -0.15) is 0 Å². The third-order valence-corrected chi connectivity index (χ3v) is 4.29. The minimum Gasteiger partial charge on any atom is -0.308 e. The highest BCUT2D eigenvalue weighted by Gasteiger charge is 2.43. The first-order chi connectivity index (χ1) is 10.6. The summed E-state index contributed by atoms with van der Waals surface area (Å²) in [6.07, 6.45) is 0. The molecule has 1 heterocycles. The molecule has 0 saturated carbocycles. The molecule has 0 aliphatic carbocycles. The summed E-state index contributed by atoms with van der Waals surface area (Å²) in [7, 11) is 0. The van der Waals surface area contributed by atoms with E-state index in [0.29, 0.717) is 12.2 Å². The van der Waals surface area contributed by atoms with Gasteiger partial charge in [-0.1, -0.05) is 46.3 Å². The fraction of sp³-hybridized carbons (Fsp3) is 0.176. The molecule has 3 amide bonds. The molecule has 0 aromatic heterocycles.